The number of hydrogen-bond acceptors (Lipinski definition) is 7. The van der Waals surface area contributed by atoms with E-state index in [-0.39, 0.29) is 40.1 Å². The molecule has 0 radical (unpaired) electrons. The molecule has 204 valence electrons. The van der Waals surface area contributed by atoms with E-state index in [0.717, 1.165) is 24.0 Å². The second kappa shape index (κ2) is 9.75. The van der Waals surface area contributed by atoms with Crippen LogP contribution < -0.4 is 19.6 Å². The third-order valence-electron chi connectivity index (χ3n) is 7.43. The Balaban J connectivity index is 1.25. The molecule has 1 N–H and O–H groups in total. The van der Waals surface area contributed by atoms with Gasteiger partial charge < -0.3 is 28.6 Å². The van der Waals surface area contributed by atoms with Crippen LogP contribution in [-0.4, -0.2) is 29.2 Å². The molecule has 0 saturated carbocycles. The number of nitrogens with zero attached hydrogens (tertiary/aromatic N) is 1. The summed E-state index contributed by atoms with van der Waals surface area (Å²) in [7, 11) is 0. The van der Waals surface area contributed by atoms with Gasteiger partial charge in [0.25, 0.3) is 0 Å². The van der Waals surface area contributed by atoms with Crippen LogP contribution in [0, 0.1) is 0 Å². The number of likely N-dealkylation sites (tertiary alicyclic amines) is 1. The Morgan fingerprint density at radius 2 is 1.46 bits per heavy atom. The summed E-state index contributed by atoms with van der Waals surface area (Å²) in [6.07, 6.45) is 1.58. The minimum atomic E-state index is -1.37. The number of amides is 1. The zero-order chi connectivity index (χ0) is 28.0. The fourth-order valence-corrected chi connectivity index (χ4v) is 5.37. The van der Waals surface area contributed by atoms with Crippen molar-refractivity contribution in [3.05, 3.63) is 118 Å². The Hall–Kier alpha value is -5.24. The molecule has 0 spiro atoms. The Kier molecular flexibility index (Phi) is 5.89. The maximum absolute atomic E-state index is 13.3. The Morgan fingerprint density at radius 1 is 0.829 bits per heavy atom. The molecule has 41 heavy (non-hydrogen) atoms. The molecule has 0 bridgehead atoms. The van der Waals surface area contributed by atoms with Gasteiger partial charge in [-0.25, -0.2) is 4.79 Å². The number of hydrogen-bond donors (Lipinski definition) is 1. The molecule has 1 fully saturated rings. The highest BCUT2D eigenvalue weighted by Crippen LogP contribution is 2.53. The molecule has 1 saturated heterocycles. The van der Waals surface area contributed by atoms with E-state index < -0.39 is 11.2 Å². The SMILES string of the molecule is O=C(Oc1ccc(-c2cc(=O)c3c(O)c4c(cc3o2)OC(c2ccccc2)(c2ccccc2)O4)cc1)N1CCCC1. The number of aromatic hydroxyl groups is 1. The number of benzene rings is 4. The van der Waals surface area contributed by atoms with E-state index in [1.165, 1.54) is 6.07 Å². The molecular formula is C33H25NO7. The number of phenolic OH excluding ortho intramolecular Hbond substituents is 1. The molecule has 4 aromatic carbocycles. The number of ether oxygens (including phenoxy) is 3. The highest BCUT2D eigenvalue weighted by molar-refractivity contribution is 5.90. The zero-order valence-electron chi connectivity index (χ0n) is 21.9. The summed E-state index contributed by atoms with van der Waals surface area (Å²) in [4.78, 5) is 27.3. The average Bonchev–Trinajstić information content (AvgIpc) is 3.68. The van der Waals surface area contributed by atoms with Crippen LogP contribution in [0.4, 0.5) is 4.79 Å². The molecule has 0 aliphatic carbocycles. The van der Waals surface area contributed by atoms with Crippen molar-refractivity contribution in [2.24, 2.45) is 0 Å². The fourth-order valence-electron chi connectivity index (χ4n) is 5.37. The van der Waals surface area contributed by atoms with Crippen LogP contribution >= 0.6 is 0 Å². The van der Waals surface area contributed by atoms with Crippen molar-refractivity contribution in [3.63, 3.8) is 0 Å². The Bertz CT molecular complexity index is 1770. The van der Waals surface area contributed by atoms with Crippen molar-refractivity contribution < 1.29 is 28.5 Å². The van der Waals surface area contributed by atoms with Crippen molar-refractivity contribution in [1.29, 1.82) is 0 Å². The Morgan fingerprint density at radius 3 is 2.10 bits per heavy atom. The maximum atomic E-state index is 13.3. The monoisotopic (exact) mass is 547 g/mol. The van der Waals surface area contributed by atoms with Gasteiger partial charge in [-0.2, -0.15) is 0 Å². The average molecular weight is 548 g/mol. The van der Waals surface area contributed by atoms with Gasteiger partial charge in [0.1, 0.15) is 22.5 Å². The van der Waals surface area contributed by atoms with Gasteiger partial charge in [-0.3, -0.25) is 4.79 Å². The zero-order valence-corrected chi connectivity index (χ0v) is 21.9. The van der Waals surface area contributed by atoms with Crippen molar-refractivity contribution in [1.82, 2.24) is 4.90 Å². The summed E-state index contributed by atoms with van der Waals surface area (Å²) >= 11 is 0. The fraction of sp³-hybridized carbons (Fsp3) is 0.152. The summed E-state index contributed by atoms with van der Waals surface area (Å²) in [5.74, 6) is -0.727. The summed E-state index contributed by atoms with van der Waals surface area (Å²) in [5, 5.41) is 11.2. The number of fused-ring (bicyclic) bond motifs is 2. The lowest BCUT2D eigenvalue weighted by atomic mass is 9.97. The quantitative estimate of drug-likeness (QED) is 0.277. The van der Waals surface area contributed by atoms with Gasteiger partial charge >= 0.3 is 11.9 Å². The molecule has 5 aromatic rings. The molecular weight excluding hydrogens is 522 g/mol. The molecule has 1 amide bonds. The van der Waals surface area contributed by atoms with Gasteiger partial charge in [-0.15, -0.1) is 0 Å². The molecule has 0 unspecified atom stereocenters. The standard InChI is InChI=1S/C33H25NO7/c35-25-19-26(21-13-15-24(16-14-21)38-32(37)34-17-7-8-18-34)39-27-20-28-31(30(36)29(25)27)41-33(40-28,22-9-3-1-4-10-22)23-11-5-2-6-12-23/h1-6,9-16,19-20,36H,7-8,17-18H2. The molecule has 8 nitrogen and oxygen atoms in total. The summed E-state index contributed by atoms with van der Waals surface area (Å²) in [6, 6.07) is 28.4. The van der Waals surface area contributed by atoms with Gasteiger partial charge in [0, 0.05) is 41.9 Å². The van der Waals surface area contributed by atoms with E-state index in [2.05, 4.69) is 0 Å². The second-order valence-corrected chi connectivity index (χ2v) is 10.0. The predicted molar refractivity (Wildman–Crippen MR) is 151 cm³/mol. The molecule has 8 heteroatoms. The van der Waals surface area contributed by atoms with Crippen LogP contribution in [0.2, 0.25) is 0 Å². The minimum Gasteiger partial charge on any atom is -0.504 e. The van der Waals surface area contributed by atoms with E-state index in [1.807, 2.05) is 60.7 Å². The van der Waals surface area contributed by atoms with Crippen molar-refractivity contribution in [2.45, 2.75) is 18.6 Å². The van der Waals surface area contributed by atoms with Crippen molar-refractivity contribution in [2.75, 3.05) is 13.1 Å². The molecule has 2 aliphatic heterocycles. The van der Waals surface area contributed by atoms with Crippen LogP contribution in [0.3, 0.4) is 0 Å². The van der Waals surface area contributed by atoms with Crippen LogP contribution in [-0.2, 0) is 5.79 Å². The minimum absolute atomic E-state index is 0.0100. The second-order valence-electron chi connectivity index (χ2n) is 10.0. The highest BCUT2D eigenvalue weighted by atomic mass is 16.7. The first-order chi connectivity index (χ1) is 20.0. The third kappa shape index (κ3) is 4.24. The first-order valence-corrected chi connectivity index (χ1v) is 13.4. The lowest BCUT2D eigenvalue weighted by molar-refractivity contribution is -0.0466. The molecule has 1 aromatic heterocycles. The van der Waals surface area contributed by atoms with E-state index in [4.69, 9.17) is 18.6 Å². The van der Waals surface area contributed by atoms with Gasteiger partial charge in [0.05, 0.1) is 0 Å². The number of carbonyl (C=O) groups excluding carboxylic acids is 1. The summed E-state index contributed by atoms with van der Waals surface area (Å²) < 4.78 is 24.4. The van der Waals surface area contributed by atoms with E-state index in [9.17, 15) is 14.7 Å². The lowest BCUT2D eigenvalue weighted by Crippen LogP contribution is -2.36. The Labute approximate surface area is 234 Å². The molecule has 7 rings (SSSR count). The number of rotatable bonds is 4. The number of phenols is 1. The van der Waals surface area contributed by atoms with Gasteiger partial charge in [0.15, 0.2) is 16.9 Å². The van der Waals surface area contributed by atoms with Crippen LogP contribution in [0.15, 0.2) is 106 Å². The summed E-state index contributed by atoms with van der Waals surface area (Å²) in [5.41, 5.74) is 1.75. The smallest absolute Gasteiger partial charge is 0.415 e. The van der Waals surface area contributed by atoms with Crippen LogP contribution in [0.25, 0.3) is 22.3 Å². The topological polar surface area (TPSA) is 98.4 Å². The first-order valence-electron chi connectivity index (χ1n) is 13.4. The summed E-state index contributed by atoms with van der Waals surface area (Å²) in [6.45, 7) is 1.39. The van der Waals surface area contributed by atoms with E-state index in [1.54, 1.807) is 35.2 Å². The maximum Gasteiger partial charge on any atom is 0.415 e. The molecule has 3 heterocycles. The third-order valence-corrected chi connectivity index (χ3v) is 7.43. The first kappa shape index (κ1) is 24.8. The van der Waals surface area contributed by atoms with E-state index in [0.29, 0.717) is 24.4 Å². The van der Waals surface area contributed by atoms with Gasteiger partial charge in [-0.05, 0) is 37.1 Å². The molecule has 2 aliphatic rings. The van der Waals surface area contributed by atoms with E-state index >= 15 is 0 Å². The molecule has 0 atom stereocenters. The largest absolute Gasteiger partial charge is 0.504 e. The van der Waals surface area contributed by atoms with Crippen LogP contribution in [0.5, 0.6) is 23.0 Å². The predicted octanol–water partition coefficient (Wildman–Crippen LogP) is 6.43. The normalized spacial score (nSPS) is 15.3. The highest BCUT2D eigenvalue weighted by Gasteiger charge is 2.47. The van der Waals surface area contributed by atoms with Gasteiger partial charge in [0.2, 0.25) is 5.75 Å². The lowest BCUT2D eigenvalue weighted by Gasteiger charge is -2.28. The van der Waals surface area contributed by atoms with Crippen LogP contribution in [0.1, 0.15) is 24.0 Å². The number of carbonyl (C=O) groups is 1. The van der Waals surface area contributed by atoms with Gasteiger partial charge in [-0.1, -0.05) is 60.7 Å². The van der Waals surface area contributed by atoms with Crippen molar-refractivity contribution in [3.8, 4) is 34.3 Å². The van der Waals surface area contributed by atoms with Crippen molar-refractivity contribution >= 4 is 17.1 Å².